The summed E-state index contributed by atoms with van der Waals surface area (Å²) in [5.41, 5.74) is 4.27. The van der Waals surface area contributed by atoms with Crippen molar-refractivity contribution in [3.8, 4) is 0 Å². The van der Waals surface area contributed by atoms with Crippen LogP contribution in [0, 0.1) is 0 Å². The molecule has 0 amide bonds. The highest BCUT2D eigenvalue weighted by atomic mass is 15.2. The lowest BCUT2D eigenvalue weighted by Gasteiger charge is -2.23. The number of hydrogen-bond acceptors (Lipinski definition) is 1. The van der Waals surface area contributed by atoms with Gasteiger partial charge in [0, 0.05) is 25.0 Å². The van der Waals surface area contributed by atoms with Gasteiger partial charge < -0.3 is 0 Å². The Morgan fingerprint density at radius 3 is 1.58 bits per heavy atom. The average molecular weight is 313 g/mol. The average Bonchev–Trinajstić information content (AvgIpc) is 3.45. The van der Waals surface area contributed by atoms with Gasteiger partial charge in [0.05, 0.1) is 0 Å². The number of rotatable bonds is 6. The molecule has 2 unspecified atom stereocenters. The van der Waals surface area contributed by atoms with Crippen LogP contribution in [0.4, 0.5) is 0 Å². The van der Waals surface area contributed by atoms with Gasteiger partial charge in [0.25, 0.3) is 0 Å². The van der Waals surface area contributed by atoms with E-state index < -0.39 is 0 Å². The van der Waals surface area contributed by atoms with E-state index in [0.717, 1.165) is 13.1 Å². The number of nitrogens with zero attached hydrogens (tertiary/aromatic N) is 1. The highest BCUT2D eigenvalue weighted by Gasteiger charge is 2.42. The normalized spacial score (nSPS) is 19.4. The second kappa shape index (κ2) is 7.02. The van der Waals surface area contributed by atoms with Gasteiger partial charge in [-0.3, -0.25) is 4.90 Å². The molecule has 1 nitrogen and oxygen atoms in total. The van der Waals surface area contributed by atoms with Crippen molar-refractivity contribution in [2.75, 3.05) is 0 Å². The molecular weight excluding hydrogens is 290 g/mol. The topological polar surface area (TPSA) is 3.24 Å². The molecule has 1 saturated carbocycles. The van der Waals surface area contributed by atoms with Crippen LogP contribution in [0.25, 0.3) is 0 Å². The molecule has 1 aliphatic rings. The molecule has 0 spiro atoms. The molecule has 4 rings (SSSR count). The van der Waals surface area contributed by atoms with Gasteiger partial charge in [-0.15, -0.1) is 0 Å². The van der Waals surface area contributed by atoms with Crippen LogP contribution < -0.4 is 0 Å². The molecular formula is C23H23N. The molecule has 1 heteroatoms. The monoisotopic (exact) mass is 313 g/mol. The highest BCUT2D eigenvalue weighted by molar-refractivity contribution is 5.29. The summed E-state index contributed by atoms with van der Waals surface area (Å²) < 4.78 is 0. The van der Waals surface area contributed by atoms with Crippen LogP contribution in [0.2, 0.25) is 0 Å². The molecule has 0 bridgehead atoms. The van der Waals surface area contributed by atoms with Crippen molar-refractivity contribution in [1.82, 2.24) is 4.90 Å². The standard InChI is InChI=1S/C23H23N/c1-4-10-19(11-5-1)17-24(18-20-12-6-2-7-13-20)23-16-22(23)21-14-8-3-9-15-21/h1-15,22-23H,16-18H2. The zero-order valence-electron chi connectivity index (χ0n) is 13.9. The van der Waals surface area contributed by atoms with Gasteiger partial charge in [0.2, 0.25) is 0 Å². The van der Waals surface area contributed by atoms with Crippen LogP contribution in [-0.4, -0.2) is 10.9 Å². The molecule has 3 aromatic carbocycles. The highest BCUT2D eigenvalue weighted by Crippen LogP contribution is 2.45. The third-order valence-corrected chi connectivity index (χ3v) is 4.91. The Balaban J connectivity index is 1.52. The SMILES string of the molecule is c1ccc(CN(Cc2ccccc2)C2CC2c2ccccc2)cc1. The van der Waals surface area contributed by atoms with Crippen LogP contribution >= 0.6 is 0 Å². The minimum atomic E-state index is 0.646. The fourth-order valence-corrected chi connectivity index (χ4v) is 3.57. The molecule has 0 saturated heterocycles. The third kappa shape index (κ3) is 3.58. The zero-order chi connectivity index (χ0) is 16.2. The Morgan fingerprint density at radius 1 is 0.625 bits per heavy atom. The second-order valence-corrected chi connectivity index (χ2v) is 6.70. The second-order valence-electron chi connectivity index (χ2n) is 6.70. The predicted octanol–water partition coefficient (Wildman–Crippen LogP) is 5.24. The fraction of sp³-hybridized carbons (Fsp3) is 0.217. The van der Waals surface area contributed by atoms with Crippen molar-refractivity contribution in [2.24, 2.45) is 0 Å². The van der Waals surface area contributed by atoms with Crippen LogP contribution in [-0.2, 0) is 13.1 Å². The first-order valence-corrected chi connectivity index (χ1v) is 8.77. The lowest BCUT2D eigenvalue weighted by molar-refractivity contribution is 0.241. The molecule has 0 radical (unpaired) electrons. The summed E-state index contributed by atoms with van der Waals surface area (Å²) >= 11 is 0. The first-order chi connectivity index (χ1) is 11.9. The Kier molecular flexibility index (Phi) is 4.44. The van der Waals surface area contributed by atoms with Crippen molar-refractivity contribution in [3.05, 3.63) is 108 Å². The van der Waals surface area contributed by atoms with Gasteiger partial charge >= 0.3 is 0 Å². The molecule has 1 fully saturated rings. The van der Waals surface area contributed by atoms with Gasteiger partial charge in [-0.25, -0.2) is 0 Å². The summed E-state index contributed by atoms with van der Waals surface area (Å²) in [6.07, 6.45) is 1.27. The Hall–Kier alpha value is -2.38. The van der Waals surface area contributed by atoms with E-state index >= 15 is 0 Å². The minimum absolute atomic E-state index is 0.646. The van der Waals surface area contributed by atoms with E-state index in [-0.39, 0.29) is 0 Å². The molecule has 0 aliphatic heterocycles. The van der Waals surface area contributed by atoms with E-state index in [1.54, 1.807) is 0 Å². The van der Waals surface area contributed by atoms with Crippen molar-refractivity contribution in [1.29, 1.82) is 0 Å². The van der Waals surface area contributed by atoms with E-state index in [2.05, 4.69) is 95.9 Å². The molecule has 0 aromatic heterocycles. The van der Waals surface area contributed by atoms with Crippen LogP contribution in [0.3, 0.4) is 0 Å². The predicted molar refractivity (Wildman–Crippen MR) is 99.7 cm³/mol. The number of benzene rings is 3. The summed E-state index contributed by atoms with van der Waals surface area (Å²) in [4.78, 5) is 2.64. The molecule has 1 aliphatic carbocycles. The maximum atomic E-state index is 2.64. The molecule has 3 aromatic rings. The molecule has 24 heavy (non-hydrogen) atoms. The lowest BCUT2D eigenvalue weighted by Crippen LogP contribution is -2.26. The van der Waals surface area contributed by atoms with Gasteiger partial charge in [0.15, 0.2) is 0 Å². The first kappa shape index (κ1) is 15.2. The molecule has 120 valence electrons. The summed E-state index contributed by atoms with van der Waals surface area (Å²) in [7, 11) is 0. The van der Waals surface area contributed by atoms with Gasteiger partial charge in [0.1, 0.15) is 0 Å². The Labute approximate surface area is 144 Å². The van der Waals surface area contributed by atoms with Crippen LogP contribution in [0.1, 0.15) is 29.0 Å². The van der Waals surface area contributed by atoms with E-state index in [0.29, 0.717) is 12.0 Å². The largest absolute Gasteiger partial charge is 0.291 e. The van der Waals surface area contributed by atoms with E-state index in [1.807, 2.05) is 0 Å². The van der Waals surface area contributed by atoms with Crippen molar-refractivity contribution in [2.45, 2.75) is 31.5 Å². The minimum Gasteiger partial charge on any atom is -0.291 e. The molecule has 2 atom stereocenters. The van der Waals surface area contributed by atoms with E-state index in [1.165, 1.54) is 23.1 Å². The van der Waals surface area contributed by atoms with Crippen molar-refractivity contribution >= 4 is 0 Å². The third-order valence-electron chi connectivity index (χ3n) is 4.91. The van der Waals surface area contributed by atoms with E-state index in [4.69, 9.17) is 0 Å². The smallest absolute Gasteiger partial charge is 0.0240 e. The van der Waals surface area contributed by atoms with E-state index in [9.17, 15) is 0 Å². The van der Waals surface area contributed by atoms with Crippen LogP contribution in [0.15, 0.2) is 91.0 Å². The Morgan fingerprint density at radius 2 is 1.08 bits per heavy atom. The van der Waals surface area contributed by atoms with Crippen molar-refractivity contribution < 1.29 is 0 Å². The van der Waals surface area contributed by atoms with Crippen molar-refractivity contribution in [3.63, 3.8) is 0 Å². The van der Waals surface area contributed by atoms with Gasteiger partial charge in [-0.05, 0) is 23.1 Å². The number of hydrogen-bond donors (Lipinski definition) is 0. The van der Waals surface area contributed by atoms with Gasteiger partial charge in [-0.2, -0.15) is 0 Å². The maximum Gasteiger partial charge on any atom is 0.0240 e. The summed E-state index contributed by atoms with van der Waals surface area (Å²) in [6.45, 7) is 2.04. The zero-order valence-corrected chi connectivity index (χ0v) is 13.9. The Bertz CT molecular complexity index is 710. The maximum absolute atomic E-state index is 2.64. The van der Waals surface area contributed by atoms with Crippen LogP contribution in [0.5, 0.6) is 0 Å². The fourth-order valence-electron chi connectivity index (χ4n) is 3.57. The van der Waals surface area contributed by atoms with Gasteiger partial charge in [-0.1, -0.05) is 91.0 Å². The molecule has 0 heterocycles. The molecule has 0 N–H and O–H groups in total. The summed E-state index contributed by atoms with van der Waals surface area (Å²) in [5.74, 6) is 0.679. The first-order valence-electron chi connectivity index (χ1n) is 8.77. The lowest BCUT2D eigenvalue weighted by atomic mass is 10.1. The summed E-state index contributed by atoms with van der Waals surface area (Å²) in [6, 6.07) is 33.3. The quantitative estimate of drug-likeness (QED) is 0.601. The summed E-state index contributed by atoms with van der Waals surface area (Å²) in [5, 5.41) is 0.